The van der Waals surface area contributed by atoms with E-state index in [-0.39, 0.29) is 0 Å². The second-order valence-electron chi connectivity index (χ2n) is 3.32. The Balaban J connectivity index is 2.96. The van der Waals surface area contributed by atoms with E-state index < -0.39 is 6.17 Å². The van der Waals surface area contributed by atoms with Crippen LogP contribution in [-0.2, 0) is 6.42 Å². The van der Waals surface area contributed by atoms with Gasteiger partial charge in [0, 0.05) is 10.6 Å². The van der Waals surface area contributed by atoms with E-state index in [9.17, 15) is 4.39 Å². The Bertz CT molecular complexity index is 299. The van der Waals surface area contributed by atoms with Crippen LogP contribution in [0.15, 0.2) is 18.2 Å². The minimum atomic E-state index is -1.02. The number of aryl methyl sites for hydroxylation is 1. The third-order valence-electron chi connectivity index (χ3n) is 2.19. The molecular weight excluding hydrogens is 201 g/mol. The first-order valence-corrected chi connectivity index (χ1v) is 5.16. The number of halogens is 2. The maximum Gasteiger partial charge on any atom is 0.124 e. The molecule has 1 atom stereocenters. The summed E-state index contributed by atoms with van der Waals surface area (Å²) in [4.78, 5) is 0. The number of hydrogen-bond acceptors (Lipinski definition) is 1. The number of hydrogen-bond donors (Lipinski definition) is 1. The van der Waals surface area contributed by atoms with Crippen molar-refractivity contribution in [3.05, 3.63) is 34.3 Å². The number of rotatable bonds is 4. The molecule has 0 aromatic heterocycles. The molecule has 78 valence electrons. The highest BCUT2D eigenvalue weighted by Crippen LogP contribution is 2.29. The summed E-state index contributed by atoms with van der Waals surface area (Å²) in [6, 6.07) is 5.48. The summed E-state index contributed by atoms with van der Waals surface area (Å²) in [6.45, 7) is 2.12. The van der Waals surface area contributed by atoms with E-state index in [1.165, 1.54) is 6.92 Å². The highest BCUT2D eigenvalue weighted by Gasteiger charge is 2.12. The molecule has 0 amide bonds. The zero-order chi connectivity index (χ0) is 10.6. The molecule has 0 radical (unpaired) electrons. The van der Waals surface area contributed by atoms with Gasteiger partial charge in [-0.2, -0.15) is 0 Å². The van der Waals surface area contributed by atoms with Crippen LogP contribution in [0.5, 0.6) is 0 Å². The van der Waals surface area contributed by atoms with Gasteiger partial charge in [0.05, 0.1) is 0 Å². The van der Waals surface area contributed by atoms with Crippen molar-refractivity contribution in [2.24, 2.45) is 5.73 Å². The molecule has 1 aromatic carbocycles. The van der Waals surface area contributed by atoms with Gasteiger partial charge >= 0.3 is 0 Å². The minimum Gasteiger partial charge on any atom is -0.330 e. The molecule has 0 heterocycles. The van der Waals surface area contributed by atoms with Crippen molar-refractivity contribution in [3.63, 3.8) is 0 Å². The van der Waals surface area contributed by atoms with Crippen LogP contribution < -0.4 is 5.73 Å². The number of alkyl halides is 1. The van der Waals surface area contributed by atoms with E-state index in [1.807, 2.05) is 12.1 Å². The summed E-state index contributed by atoms with van der Waals surface area (Å²) in [5.41, 5.74) is 7.00. The Labute approximate surface area is 89.1 Å². The molecule has 0 spiro atoms. The van der Waals surface area contributed by atoms with Crippen molar-refractivity contribution in [2.45, 2.75) is 25.9 Å². The third-order valence-corrected chi connectivity index (χ3v) is 2.52. The molecule has 1 unspecified atom stereocenters. The van der Waals surface area contributed by atoms with E-state index in [0.717, 1.165) is 18.4 Å². The van der Waals surface area contributed by atoms with E-state index in [4.69, 9.17) is 17.3 Å². The summed E-state index contributed by atoms with van der Waals surface area (Å²) in [5, 5.41) is 0.509. The van der Waals surface area contributed by atoms with Crippen molar-refractivity contribution >= 4 is 11.6 Å². The normalized spacial score (nSPS) is 12.9. The van der Waals surface area contributed by atoms with Crippen LogP contribution in [0.25, 0.3) is 0 Å². The Morgan fingerprint density at radius 3 is 2.79 bits per heavy atom. The van der Waals surface area contributed by atoms with E-state index >= 15 is 0 Å². The monoisotopic (exact) mass is 215 g/mol. The Hall–Kier alpha value is -0.600. The number of nitrogens with two attached hydrogens (primary N) is 1. The molecule has 0 aliphatic carbocycles. The van der Waals surface area contributed by atoms with Crippen LogP contribution >= 0.6 is 11.6 Å². The SMILES string of the molecule is CC(F)c1c(Cl)cccc1CCCN. The van der Waals surface area contributed by atoms with Gasteiger partial charge in [-0.15, -0.1) is 0 Å². The molecule has 2 N–H and O–H groups in total. The summed E-state index contributed by atoms with van der Waals surface area (Å²) >= 11 is 5.93. The van der Waals surface area contributed by atoms with Crippen LogP contribution in [0.4, 0.5) is 4.39 Å². The van der Waals surface area contributed by atoms with Crippen molar-refractivity contribution in [1.29, 1.82) is 0 Å². The molecule has 0 fully saturated rings. The quantitative estimate of drug-likeness (QED) is 0.820. The highest BCUT2D eigenvalue weighted by molar-refractivity contribution is 6.31. The molecule has 0 aliphatic heterocycles. The Kier molecular flexibility index (Phi) is 4.36. The molecule has 0 saturated heterocycles. The van der Waals surface area contributed by atoms with Gasteiger partial charge in [-0.3, -0.25) is 0 Å². The van der Waals surface area contributed by atoms with E-state index in [1.54, 1.807) is 6.07 Å². The smallest absolute Gasteiger partial charge is 0.124 e. The molecule has 0 bridgehead atoms. The first-order valence-electron chi connectivity index (χ1n) is 4.78. The standard InChI is InChI=1S/C11H15ClFN/c1-8(13)11-9(5-3-7-14)4-2-6-10(11)12/h2,4,6,8H,3,5,7,14H2,1H3. The predicted octanol–water partition coefficient (Wildman–Crippen LogP) is 3.26. The van der Waals surface area contributed by atoms with Gasteiger partial charge in [-0.25, -0.2) is 4.39 Å². The van der Waals surface area contributed by atoms with Crippen LogP contribution in [0.2, 0.25) is 5.02 Å². The fourth-order valence-corrected chi connectivity index (χ4v) is 1.88. The average Bonchev–Trinajstić information content (AvgIpc) is 2.14. The second-order valence-corrected chi connectivity index (χ2v) is 3.73. The van der Waals surface area contributed by atoms with Gasteiger partial charge < -0.3 is 5.73 Å². The maximum atomic E-state index is 13.3. The van der Waals surface area contributed by atoms with Crippen LogP contribution in [0.3, 0.4) is 0 Å². The first-order chi connectivity index (χ1) is 6.66. The fraction of sp³-hybridized carbons (Fsp3) is 0.455. The third kappa shape index (κ3) is 2.69. The molecule has 1 aromatic rings. The van der Waals surface area contributed by atoms with Crippen molar-refractivity contribution in [2.75, 3.05) is 6.54 Å². The maximum absolute atomic E-state index is 13.3. The van der Waals surface area contributed by atoms with Gasteiger partial charge in [0.2, 0.25) is 0 Å². The fourth-order valence-electron chi connectivity index (χ4n) is 1.54. The summed E-state index contributed by atoms with van der Waals surface area (Å²) in [5.74, 6) is 0. The predicted molar refractivity (Wildman–Crippen MR) is 58.4 cm³/mol. The molecule has 3 heteroatoms. The topological polar surface area (TPSA) is 26.0 Å². The molecule has 1 rings (SSSR count). The van der Waals surface area contributed by atoms with Crippen LogP contribution in [-0.4, -0.2) is 6.54 Å². The van der Waals surface area contributed by atoms with Crippen molar-refractivity contribution < 1.29 is 4.39 Å². The van der Waals surface area contributed by atoms with Crippen LogP contribution in [0.1, 0.15) is 30.6 Å². The van der Waals surface area contributed by atoms with Gasteiger partial charge in [-0.05, 0) is 37.9 Å². The number of benzene rings is 1. The lowest BCUT2D eigenvalue weighted by atomic mass is 10.00. The Morgan fingerprint density at radius 1 is 1.50 bits per heavy atom. The molecule has 0 aliphatic rings. The first kappa shape index (κ1) is 11.5. The highest BCUT2D eigenvalue weighted by atomic mass is 35.5. The van der Waals surface area contributed by atoms with Gasteiger partial charge in [-0.1, -0.05) is 23.7 Å². The summed E-state index contributed by atoms with van der Waals surface area (Å²) in [7, 11) is 0. The van der Waals surface area contributed by atoms with Gasteiger partial charge in [0.15, 0.2) is 0 Å². The lowest BCUT2D eigenvalue weighted by molar-refractivity contribution is 0.372. The molecule has 0 saturated carbocycles. The molecule has 1 nitrogen and oxygen atoms in total. The average molecular weight is 216 g/mol. The second kappa shape index (κ2) is 5.32. The van der Waals surface area contributed by atoms with Crippen LogP contribution in [0, 0.1) is 0 Å². The summed E-state index contributed by atoms with van der Waals surface area (Å²) < 4.78 is 13.3. The largest absolute Gasteiger partial charge is 0.330 e. The molecular formula is C11H15ClFN. The lowest BCUT2D eigenvalue weighted by Gasteiger charge is -2.11. The minimum absolute atomic E-state index is 0.509. The van der Waals surface area contributed by atoms with E-state index in [2.05, 4.69) is 0 Å². The van der Waals surface area contributed by atoms with E-state index in [0.29, 0.717) is 17.1 Å². The van der Waals surface area contributed by atoms with Gasteiger partial charge in [0.25, 0.3) is 0 Å². The molecule has 14 heavy (non-hydrogen) atoms. The van der Waals surface area contributed by atoms with Gasteiger partial charge in [0.1, 0.15) is 6.17 Å². The van der Waals surface area contributed by atoms with Crippen molar-refractivity contribution in [3.8, 4) is 0 Å². The zero-order valence-electron chi connectivity index (χ0n) is 8.26. The van der Waals surface area contributed by atoms with Crippen molar-refractivity contribution in [1.82, 2.24) is 0 Å². The summed E-state index contributed by atoms with van der Waals surface area (Å²) in [6.07, 6.45) is 0.636. The zero-order valence-corrected chi connectivity index (χ0v) is 9.02. The Morgan fingerprint density at radius 2 is 2.21 bits per heavy atom. The lowest BCUT2D eigenvalue weighted by Crippen LogP contribution is -2.03.